The second kappa shape index (κ2) is 5.69. The lowest BCUT2D eigenvalue weighted by Gasteiger charge is -2.09. The first-order chi connectivity index (χ1) is 10.6. The first-order valence-electron chi connectivity index (χ1n) is 6.66. The third-order valence-corrected chi connectivity index (χ3v) is 4.50. The lowest BCUT2D eigenvalue weighted by Crippen LogP contribution is -2.09. The highest BCUT2D eigenvalue weighted by molar-refractivity contribution is 7.87. The molecule has 0 aromatic heterocycles. The fraction of sp³-hybridized carbons (Fsp3) is 0.0588. The summed E-state index contributed by atoms with van der Waals surface area (Å²) in [5, 5.41) is 1.82. The highest BCUT2D eigenvalue weighted by Gasteiger charge is 2.17. The molecule has 0 aliphatic heterocycles. The minimum absolute atomic E-state index is 0.119. The number of fused-ring (bicyclic) bond motifs is 1. The molecule has 3 aromatic carbocycles. The Kier molecular flexibility index (Phi) is 3.73. The van der Waals surface area contributed by atoms with Crippen LogP contribution in [0.3, 0.4) is 0 Å². The van der Waals surface area contributed by atoms with Crippen molar-refractivity contribution in [2.24, 2.45) is 0 Å². The molecule has 0 aliphatic rings. The van der Waals surface area contributed by atoms with Crippen LogP contribution >= 0.6 is 0 Å². The maximum Gasteiger partial charge on any atom is 0.339 e. The van der Waals surface area contributed by atoms with Crippen molar-refractivity contribution < 1.29 is 17.3 Å². The summed E-state index contributed by atoms with van der Waals surface area (Å²) in [4.78, 5) is 0.119. The Morgan fingerprint density at radius 1 is 0.773 bits per heavy atom. The molecule has 0 spiro atoms. The molecule has 0 amide bonds. The molecule has 0 saturated carbocycles. The Balaban J connectivity index is 1.96. The number of hydrogen-bond acceptors (Lipinski definition) is 4. The van der Waals surface area contributed by atoms with Crippen LogP contribution in [0.15, 0.2) is 71.6 Å². The monoisotopic (exact) mass is 314 g/mol. The molecule has 5 heteroatoms. The summed E-state index contributed by atoms with van der Waals surface area (Å²) < 4.78 is 35.0. The van der Waals surface area contributed by atoms with Gasteiger partial charge in [0, 0.05) is 6.07 Å². The van der Waals surface area contributed by atoms with Gasteiger partial charge in [0.1, 0.15) is 16.4 Å². The van der Waals surface area contributed by atoms with Gasteiger partial charge in [0.05, 0.1) is 7.11 Å². The summed E-state index contributed by atoms with van der Waals surface area (Å²) in [6, 6.07) is 18.9. The molecule has 0 bridgehead atoms. The van der Waals surface area contributed by atoms with E-state index in [0.29, 0.717) is 5.75 Å². The predicted molar refractivity (Wildman–Crippen MR) is 84.8 cm³/mol. The van der Waals surface area contributed by atoms with Gasteiger partial charge in [-0.3, -0.25) is 0 Å². The van der Waals surface area contributed by atoms with Gasteiger partial charge in [0.15, 0.2) is 0 Å². The molecule has 22 heavy (non-hydrogen) atoms. The average molecular weight is 314 g/mol. The second-order valence-corrected chi connectivity index (χ2v) is 6.27. The third kappa shape index (κ3) is 2.89. The Hall–Kier alpha value is -2.53. The molecule has 112 valence electrons. The van der Waals surface area contributed by atoms with Gasteiger partial charge in [0.2, 0.25) is 0 Å². The quantitative estimate of drug-likeness (QED) is 0.690. The standard InChI is InChI=1S/C17H14O4S/c1-20-15-7-4-8-16(12-15)21-22(18,19)17-10-9-13-5-2-3-6-14(13)11-17/h2-12H,1H3. The van der Waals surface area contributed by atoms with Crippen molar-refractivity contribution >= 4 is 20.9 Å². The number of rotatable bonds is 4. The maximum absolute atomic E-state index is 12.4. The largest absolute Gasteiger partial charge is 0.497 e. The van der Waals surface area contributed by atoms with E-state index in [1.54, 1.807) is 30.3 Å². The molecular formula is C17H14O4S. The molecule has 0 fully saturated rings. The zero-order valence-corrected chi connectivity index (χ0v) is 12.7. The Morgan fingerprint density at radius 2 is 1.50 bits per heavy atom. The molecule has 0 radical (unpaired) electrons. The zero-order valence-electron chi connectivity index (χ0n) is 11.9. The highest BCUT2D eigenvalue weighted by Crippen LogP contribution is 2.25. The molecular weight excluding hydrogens is 300 g/mol. The average Bonchev–Trinajstić information content (AvgIpc) is 2.54. The Labute approximate surface area is 129 Å². The molecule has 3 rings (SSSR count). The first kappa shape index (κ1) is 14.4. The summed E-state index contributed by atoms with van der Waals surface area (Å²) in [6.45, 7) is 0. The topological polar surface area (TPSA) is 52.6 Å². The van der Waals surface area contributed by atoms with E-state index in [9.17, 15) is 8.42 Å². The molecule has 0 N–H and O–H groups in total. The van der Waals surface area contributed by atoms with Crippen LogP contribution in [0.5, 0.6) is 11.5 Å². The number of ether oxygens (including phenoxy) is 1. The molecule has 4 nitrogen and oxygen atoms in total. The van der Waals surface area contributed by atoms with Crippen molar-refractivity contribution in [1.29, 1.82) is 0 Å². The van der Waals surface area contributed by atoms with Crippen LogP contribution in [0, 0.1) is 0 Å². The van der Waals surface area contributed by atoms with E-state index in [1.807, 2.05) is 24.3 Å². The van der Waals surface area contributed by atoms with Gasteiger partial charge in [-0.1, -0.05) is 36.4 Å². The molecule has 0 aliphatic carbocycles. The fourth-order valence-corrected chi connectivity index (χ4v) is 3.11. The van der Waals surface area contributed by atoms with Crippen LogP contribution in [0.25, 0.3) is 10.8 Å². The summed E-state index contributed by atoms with van der Waals surface area (Å²) >= 11 is 0. The first-order valence-corrected chi connectivity index (χ1v) is 8.07. The van der Waals surface area contributed by atoms with E-state index < -0.39 is 10.1 Å². The Morgan fingerprint density at radius 3 is 2.27 bits per heavy atom. The van der Waals surface area contributed by atoms with Crippen LogP contribution in [0.1, 0.15) is 0 Å². The van der Waals surface area contributed by atoms with Crippen LogP contribution in [0.2, 0.25) is 0 Å². The smallest absolute Gasteiger partial charge is 0.339 e. The maximum atomic E-state index is 12.4. The lowest BCUT2D eigenvalue weighted by molar-refractivity contribution is 0.411. The number of hydrogen-bond donors (Lipinski definition) is 0. The van der Waals surface area contributed by atoms with E-state index in [1.165, 1.54) is 19.2 Å². The summed E-state index contributed by atoms with van der Waals surface area (Å²) in [7, 11) is -2.37. The number of methoxy groups -OCH3 is 1. The van der Waals surface area contributed by atoms with Crippen molar-refractivity contribution in [1.82, 2.24) is 0 Å². The van der Waals surface area contributed by atoms with Gasteiger partial charge in [-0.15, -0.1) is 0 Å². The molecule has 0 heterocycles. The van der Waals surface area contributed by atoms with Crippen LogP contribution < -0.4 is 8.92 Å². The molecule has 3 aromatic rings. The summed E-state index contributed by atoms with van der Waals surface area (Å²) in [5.74, 6) is 0.749. The summed E-state index contributed by atoms with van der Waals surface area (Å²) in [5.41, 5.74) is 0. The van der Waals surface area contributed by atoms with Crippen LogP contribution in [0.4, 0.5) is 0 Å². The summed E-state index contributed by atoms with van der Waals surface area (Å²) in [6.07, 6.45) is 0. The minimum atomic E-state index is -3.89. The van der Waals surface area contributed by atoms with E-state index in [2.05, 4.69) is 0 Å². The van der Waals surface area contributed by atoms with Gasteiger partial charge in [-0.05, 0) is 35.0 Å². The second-order valence-electron chi connectivity index (χ2n) is 4.73. The van der Waals surface area contributed by atoms with Crippen molar-refractivity contribution in [2.45, 2.75) is 4.90 Å². The molecule has 0 saturated heterocycles. The van der Waals surface area contributed by atoms with Gasteiger partial charge in [0.25, 0.3) is 0 Å². The fourth-order valence-electron chi connectivity index (χ4n) is 2.15. The minimum Gasteiger partial charge on any atom is -0.497 e. The SMILES string of the molecule is COc1cccc(OS(=O)(=O)c2ccc3ccccc3c2)c1. The zero-order chi connectivity index (χ0) is 15.6. The van der Waals surface area contributed by atoms with Crippen molar-refractivity contribution in [3.63, 3.8) is 0 Å². The van der Waals surface area contributed by atoms with E-state index in [4.69, 9.17) is 8.92 Å². The lowest BCUT2D eigenvalue weighted by atomic mass is 10.1. The normalized spacial score (nSPS) is 11.3. The van der Waals surface area contributed by atoms with Crippen LogP contribution in [-0.4, -0.2) is 15.5 Å². The van der Waals surface area contributed by atoms with Crippen molar-refractivity contribution in [2.75, 3.05) is 7.11 Å². The predicted octanol–water partition coefficient (Wildman–Crippen LogP) is 3.62. The van der Waals surface area contributed by atoms with Crippen molar-refractivity contribution in [3.8, 4) is 11.5 Å². The molecule has 0 unspecified atom stereocenters. The van der Waals surface area contributed by atoms with Gasteiger partial charge >= 0.3 is 10.1 Å². The van der Waals surface area contributed by atoms with Gasteiger partial charge in [-0.2, -0.15) is 8.42 Å². The van der Waals surface area contributed by atoms with E-state index in [0.717, 1.165) is 10.8 Å². The van der Waals surface area contributed by atoms with Gasteiger partial charge in [-0.25, -0.2) is 0 Å². The molecule has 0 atom stereocenters. The third-order valence-electron chi connectivity index (χ3n) is 3.26. The Bertz CT molecular complexity index is 917. The van der Waals surface area contributed by atoms with E-state index in [-0.39, 0.29) is 10.6 Å². The number of benzene rings is 3. The van der Waals surface area contributed by atoms with Gasteiger partial charge < -0.3 is 8.92 Å². The van der Waals surface area contributed by atoms with E-state index >= 15 is 0 Å². The van der Waals surface area contributed by atoms with Crippen molar-refractivity contribution in [3.05, 3.63) is 66.7 Å². The van der Waals surface area contributed by atoms with Crippen LogP contribution in [-0.2, 0) is 10.1 Å². The highest BCUT2D eigenvalue weighted by atomic mass is 32.2.